The number of piperidine rings is 1. The zero-order valence-electron chi connectivity index (χ0n) is 16.5. The van der Waals surface area contributed by atoms with Crippen molar-refractivity contribution in [2.75, 3.05) is 23.3 Å². The number of nitrogens with one attached hydrogen (secondary N) is 3. The lowest BCUT2D eigenvalue weighted by molar-refractivity contribution is -0.122. The number of hydrogen-bond donors (Lipinski definition) is 3. The van der Waals surface area contributed by atoms with Crippen molar-refractivity contribution in [2.45, 2.75) is 38.3 Å². The molecule has 3 aromatic rings. The average molecular weight is 448 g/mol. The van der Waals surface area contributed by atoms with E-state index in [2.05, 4.69) is 35.7 Å². The van der Waals surface area contributed by atoms with Gasteiger partial charge < -0.3 is 15.5 Å². The predicted octanol–water partition coefficient (Wildman–Crippen LogP) is 3.64. The number of carbonyl (C=O) groups is 1. The Morgan fingerprint density at radius 3 is 2.87 bits per heavy atom. The number of aromatic nitrogens is 4. The number of fused-ring (bicyclic) bond motifs is 1. The molecule has 2 unspecified atom stereocenters. The number of aromatic amines is 1. The number of nitrogens with zero attached hydrogens (tertiary/aromatic N) is 4. The Morgan fingerprint density at radius 1 is 1.30 bits per heavy atom. The molecule has 8 nitrogen and oxygen atoms in total. The standard InChI is InChI=1S/C20H23Cl2N7O/c1-2-17(26-15-7-12(21)6-13(22)8-15)20(30)27-14-4-3-5-29(10-14)19-16-9-25-28-18(16)23-11-24-19/h6-9,11,14,17,26H,2-5,10H2,1H3,(H,27,30)(H,23,24,25,28). The molecule has 4 rings (SSSR count). The van der Waals surface area contributed by atoms with Crippen molar-refractivity contribution in [3.63, 3.8) is 0 Å². The molecule has 158 valence electrons. The zero-order chi connectivity index (χ0) is 21.1. The second-order valence-electron chi connectivity index (χ2n) is 7.39. The number of carbonyl (C=O) groups excluding carboxylic acids is 1. The Hall–Kier alpha value is -2.58. The summed E-state index contributed by atoms with van der Waals surface area (Å²) in [5, 5.41) is 15.3. The van der Waals surface area contributed by atoms with Crippen molar-refractivity contribution in [3.05, 3.63) is 40.8 Å². The summed E-state index contributed by atoms with van der Waals surface area (Å²) in [6.07, 6.45) is 5.78. The van der Waals surface area contributed by atoms with Gasteiger partial charge in [-0.25, -0.2) is 9.97 Å². The zero-order valence-corrected chi connectivity index (χ0v) is 18.0. The number of benzene rings is 1. The molecule has 0 aliphatic carbocycles. The highest BCUT2D eigenvalue weighted by molar-refractivity contribution is 6.35. The van der Waals surface area contributed by atoms with Gasteiger partial charge in [-0.3, -0.25) is 9.89 Å². The molecule has 0 saturated carbocycles. The smallest absolute Gasteiger partial charge is 0.242 e. The van der Waals surface area contributed by atoms with Gasteiger partial charge in [0.15, 0.2) is 5.65 Å². The van der Waals surface area contributed by atoms with E-state index < -0.39 is 0 Å². The van der Waals surface area contributed by atoms with Crippen molar-refractivity contribution in [3.8, 4) is 0 Å². The largest absolute Gasteiger partial charge is 0.374 e. The van der Waals surface area contributed by atoms with E-state index in [-0.39, 0.29) is 18.0 Å². The summed E-state index contributed by atoms with van der Waals surface area (Å²) in [7, 11) is 0. The number of anilines is 2. The van der Waals surface area contributed by atoms with Crippen LogP contribution >= 0.6 is 23.2 Å². The molecule has 3 N–H and O–H groups in total. The van der Waals surface area contributed by atoms with Crippen LogP contribution in [0.4, 0.5) is 11.5 Å². The van der Waals surface area contributed by atoms with Crippen molar-refractivity contribution in [2.24, 2.45) is 0 Å². The van der Waals surface area contributed by atoms with E-state index in [0.29, 0.717) is 28.7 Å². The van der Waals surface area contributed by atoms with Gasteiger partial charge in [-0.15, -0.1) is 0 Å². The number of hydrogen-bond acceptors (Lipinski definition) is 6. The van der Waals surface area contributed by atoms with Crippen molar-refractivity contribution < 1.29 is 4.79 Å². The summed E-state index contributed by atoms with van der Waals surface area (Å²) in [6, 6.07) is 4.83. The SMILES string of the molecule is CCC(Nc1cc(Cl)cc(Cl)c1)C(=O)NC1CCCN(c2ncnc3[nH]ncc23)C1. The van der Waals surface area contributed by atoms with Crippen LogP contribution in [0.1, 0.15) is 26.2 Å². The Kier molecular flexibility index (Phi) is 6.24. The van der Waals surface area contributed by atoms with Crippen LogP contribution in [-0.2, 0) is 4.79 Å². The fourth-order valence-corrected chi connectivity index (χ4v) is 4.31. The quantitative estimate of drug-likeness (QED) is 0.533. The van der Waals surface area contributed by atoms with Crippen LogP contribution in [-0.4, -0.2) is 51.2 Å². The summed E-state index contributed by atoms with van der Waals surface area (Å²) in [5.74, 6) is 0.794. The summed E-state index contributed by atoms with van der Waals surface area (Å²) in [4.78, 5) is 23.8. The molecular formula is C20H23Cl2N7O. The molecule has 2 aromatic heterocycles. The van der Waals surface area contributed by atoms with E-state index in [0.717, 1.165) is 36.3 Å². The van der Waals surface area contributed by atoms with Crippen molar-refractivity contribution in [1.29, 1.82) is 0 Å². The maximum absolute atomic E-state index is 12.9. The Balaban J connectivity index is 1.42. The predicted molar refractivity (Wildman–Crippen MR) is 119 cm³/mol. The topological polar surface area (TPSA) is 98.8 Å². The van der Waals surface area contributed by atoms with Crippen LogP contribution in [0.5, 0.6) is 0 Å². The minimum atomic E-state index is -0.380. The first-order valence-corrected chi connectivity index (χ1v) is 10.7. The van der Waals surface area contributed by atoms with Gasteiger partial charge in [-0.2, -0.15) is 5.10 Å². The van der Waals surface area contributed by atoms with E-state index >= 15 is 0 Å². The summed E-state index contributed by atoms with van der Waals surface area (Å²) in [5.41, 5.74) is 1.43. The Morgan fingerprint density at radius 2 is 2.10 bits per heavy atom. The number of H-pyrrole nitrogens is 1. The van der Waals surface area contributed by atoms with Crippen LogP contribution < -0.4 is 15.5 Å². The van der Waals surface area contributed by atoms with Crippen LogP contribution in [0.15, 0.2) is 30.7 Å². The lowest BCUT2D eigenvalue weighted by atomic mass is 10.0. The van der Waals surface area contributed by atoms with Gasteiger partial charge in [0.05, 0.1) is 11.6 Å². The van der Waals surface area contributed by atoms with Gasteiger partial charge >= 0.3 is 0 Å². The highest BCUT2D eigenvalue weighted by Crippen LogP contribution is 2.25. The summed E-state index contributed by atoms with van der Waals surface area (Å²) < 4.78 is 0. The second kappa shape index (κ2) is 9.06. The minimum absolute atomic E-state index is 0.0296. The summed E-state index contributed by atoms with van der Waals surface area (Å²) >= 11 is 12.1. The lowest BCUT2D eigenvalue weighted by Crippen LogP contribution is -2.51. The molecule has 0 radical (unpaired) electrons. The second-order valence-corrected chi connectivity index (χ2v) is 8.26. The molecule has 2 atom stereocenters. The van der Waals surface area contributed by atoms with Crippen LogP contribution in [0.2, 0.25) is 10.0 Å². The fraction of sp³-hybridized carbons (Fsp3) is 0.400. The van der Waals surface area contributed by atoms with Gasteiger partial charge in [-0.05, 0) is 37.5 Å². The molecule has 0 spiro atoms. The van der Waals surface area contributed by atoms with E-state index in [4.69, 9.17) is 23.2 Å². The molecule has 3 heterocycles. The summed E-state index contributed by atoms with van der Waals surface area (Å²) in [6.45, 7) is 3.52. The van der Waals surface area contributed by atoms with Gasteiger partial charge in [0, 0.05) is 34.9 Å². The van der Waals surface area contributed by atoms with Crippen LogP contribution in [0.3, 0.4) is 0 Å². The van der Waals surface area contributed by atoms with E-state index in [1.54, 1.807) is 24.4 Å². The Bertz CT molecular complexity index is 1020. The maximum Gasteiger partial charge on any atom is 0.242 e. The first-order valence-electron chi connectivity index (χ1n) is 9.95. The minimum Gasteiger partial charge on any atom is -0.374 e. The molecule has 1 saturated heterocycles. The first kappa shape index (κ1) is 20.7. The maximum atomic E-state index is 12.9. The van der Waals surface area contributed by atoms with Crippen molar-refractivity contribution in [1.82, 2.24) is 25.5 Å². The molecule has 10 heteroatoms. The van der Waals surface area contributed by atoms with Gasteiger partial charge in [-0.1, -0.05) is 30.1 Å². The average Bonchev–Trinajstić information content (AvgIpc) is 3.20. The molecule has 1 amide bonds. The van der Waals surface area contributed by atoms with Gasteiger partial charge in [0.1, 0.15) is 18.2 Å². The number of rotatable bonds is 6. The monoisotopic (exact) mass is 447 g/mol. The third-order valence-electron chi connectivity index (χ3n) is 5.22. The molecule has 1 aliphatic rings. The molecule has 1 fully saturated rings. The first-order chi connectivity index (χ1) is 14.5. The molecule has 1 aliphatic heterocycles. The third kappa shape index (κ3) is 4.60. The fourth-order valence-electron chi connectivity index (χ4n) is 3.78. The molecule has 1 aromatic carbocycles. The molecule has 0 bridgehead atoms. The molecular weight excluding hydrogens is 425 g/mol. The van der Waals surface area contributed by atoms with Crippen LogP contribution in [0.25, 0.3) is 11.0 Å². The highest BCUT2D eigenvalue weighted by atomic mass is 35.5. The normalized spacial score (nSPS) is 17.7. The van der Waals surface area contributed by atoms with Crippen LogP contribution in [0, 0.1) is 0 Å². The lowest BCUT2D eigenvalue weighted by Gasteiger charge is -2.34. The van der Waals surface area contributed by atoms with E-state index in [1.807, 2.05) is 6.92 Å². The molecule has 30 heavy (non-hydrogen) atoms. The van der Waals surface area contributed by atoms with Gasteiger partial charge in [0.2, 0.25) is 5.91 Å². The third-order valence-corrected chi connectivity index (χ3v) is 5.66. The Labute approximate surface area is 184 Å². The van der Waals surface area contributed by atoms with E-state index in [9.17, 15) is 4.79 Å². The highest BCUT2D eigenvalue weighted by Gasteiger charge is 2.26. The van der Waals surface area contributed by atoms with Gasteiger partial charge in [0.25, 0.3) is 0 Å². The van der Waals surface area contributed by atoms with Crippen molar-refractivity contribution >= 4 is 51.6 Å². The number of halogens is 2. The van der Waals surface area contributed by atoms with E-state index in [1.165, 1.54) is 6.33 Å². The number of amides is 1.